The van der Waals surface area contributed by atoms with Crippen LogP contribution >= 0.6 is 11.8 Å². The molecule has 0 radical (unpaired) electrons. The first-order valence-corrected chi connectivity index (χ1v) is 6.52. The van der Waals surface area contributed by atoms with E-state index in [1.165, 1.54) is 17.1 Å². The Morgan fingerprint density at radius 2 is 1.80 bits per heavy atom. The molecule has 1 rings (SSSR count). The summed E-state index contributed by atoms with van der Waals surface area (Å²) in [6.07, 6.45) is 0.872. The minimum absolute atomic E-state index is 0.362. The first kappa shape index (κ1) is 12.6. The van der Waals surface area contributed by atoms with Gasteiger partial charge in [-0.05, 0) is 30.5 Å². The molecule has 0 saturated carbocycles. The predicted molar refractivity (Wildman–Crippen MR) is 67.3 cm³/mol. The van der Waals surface area contributed by atoms with E-state index in [0.717, 1.165) is 11.5 Å². The van der Waals surface area contributed by atoms with Crippen LogP contribution in [-0.2, 0) is 0 Å². The van der Waals surface area contributed by atoms with Crippen LogP contribution < -0.4 is 0 Å². The van der Waals surface area contributed by atoms with Gasteiger partial charge in [-0.1, -0.05) is 32.4 Å². The largest absolute Gasteiger partial charge is 0.389 e. The molecule has 0 amide bonds. The molecule has 0 aliphatic carbocycles. The number of aliphatic hydroxyl groups is 1. The minimum Gasteiger partial charge on any atom is -0.389 e. The van der Waals surface area contributed by atoms with Gasteiger partial charge >= 0.3 is 0 Å². The lowest BCUT2D eigenvalue weighted by Gasteiger charge is -2.09. The lowest BCUT2D eigenvalue weighted by molar-refractivity contribution is 0.199. The van der Waals surface area contributed by atoms with Crippen molar-refractivity contribution in [3.63, 3.8) is 0 Å². The maximum atomic E-state index is 9.36. The summed E-state index contributed by atoms with van der Waals surface area (Å²) in [5.74, 6) is 1.94. The normalized spacial score (nSPS) is 14.9. The van der Waals surface area contributed by atoms with Crippen molar-refractivity contribution in [2.75, 3.05) is 5.75 Å². The summed E-state index contributed by atoms with van der Waals surface area (Å²) < 4.78 is 0. The fourth-order valence-electron chi connectivity index (χ4n) is 1.20. The molecule has 1 aromatic rings. The summed E-state index contributed by atoms with van der Waals surface area (Å²) in [4.78, 5) is 1.29. The molecule has 2 heteroatoms. The Morgan fingerprint density at radius 1 is 1.20 bits per heavy atom. The second-order valence-corrected chi connectivity index (χ2v) is 5.16. The van der Waals surface area contributed by atoms with Gasteiger partial charge in [-0.3, -0.25) is 0 Å². The van der Waals surface area contributed by atoms with Gasteiger partial charge < -0.3 is 5.11 Å². The van der Waals surface area contributed by atoms with Crippen molar-refractivity contribution in [3.05, 3.63) is 29.8 Å². The zero-order valence-corrected chi connectivity index (χ0v) is 10.6. The third kappa shape index (κ3) is 4.27. The van der Waals surface area contributed by atoms with E-state index < -0.39 is 0 Å². The lowest BCUT2D eigenvalue weighted by Crippen LogP contribution is -1.95. The molecule has 0 spiro atoms. The molecule has 1 N–H and O–H groups in total. The van der Waals surface area contributed by atoms with Gasteiger partial charge in [0.15, 0.2) is 0 Å². The Kier molecular flexibility index (Phi) is 5.20. The van der Waals surface area contributed by atoms with Crippen LogP contribution in [0.15, 0.2) is 29.2 Å². The summed E-state index contributed by atoms with van der Waals surface area (Å²) in [6, 6.07) is 8.19. The number of hydrogen-bond acceptors (Lipinski definition) is 2. The maximum absolute atomic E-state index is 9.36. The van der Waals surface area contributed by atoms with E-state index >= 15 is 0 Å². The molecule has 0 saturated heterocycles. The fourth-order valence-corrected chi connectivity index (χ4v) is 2.24. The van der Waals surface area contributed by atoms with Crippen LogP contribution in [0.5, 0.6) is 0 Å². The molecule has 2 unspecified atom stereocenters. The molecule has 15 heavy (non-hydrogen) atoms. The smallest absolute Gasteiger partial charge is 0.0761 e. The SMILES string of the molecule is CCC(C)CSc1ccc(C(C)O)cc1. The summed E-state index contributed by atoms with van der Waals surface area (Å²) in [5.41, 5.74) is 0.989. The van der Waals surface area contributed by atoms with Gasteiger partial charge in [0.05, 0.1) is 6.10 Å². The van der Waals surface area contributed by atoms with Gasteiger partial charge in [-0.15, -0.1) is 11.8 Å². The molecule has 84 valence electrons. The number of aliphatic hydroxyl groups excluding tert-OH is 1. The molecule has 0 bridgehead atoms. The van der Waals surface area contributed by atoms with Crippen LogP contribution in [0.2, 0.25) is 0 Å². The van der Waals surface area contributed by atoms with Crippen LogP contribution in [0.25, 0.3) is 0 Å². The van der Waals surface area contributed by atoms with Gasteiger partial charge in [0.1, 0.15) is 0 Å². The summed E-state index contributed by atoms with van der Waals surface area (Å²) in [5, 5.41) is 9.36. The Morgan fingerprint density at radius 3 is 2.27 bits per heavy atom. The molecule has 1 aromatic carbocycles. The Balaban J connectivity index is 2.50. The van der Waals surface area contributed by atoms with E-state index in [1.807, 2.05) is 23.9 Å². The first-order chi connectivity index (χ1) is 7.13. The minimum atomic E-state index is -0.362. The molecule has 0 aliphatic heterocycles. The van der Waals surface area contributed by atoms with Gasteiger partial charge in [-0.25, -0.2) is 0 Å². The highest BCUT2D eigenvalue weighted by molar-refractivity contribution is 7.99. The number of benzene rings is 1. The van der Waals surface area contributed by atoms with Crippen molar-refractivity contribution in [2.24, 2.45) is 5.92 Å². The van der Waals surface area contributed by atoms with E-state index in [2.05, 4.69) is 26.0 Å². The summed E-state index contributed by atoms with van der Waals surface area (Å²) >= 11 is 1.89. The van der Waals surface area contributed by atoms with Crippen LogP contribution in [0, 0.1) is 5.92 Å². The first-order valence-electron chi connectivity index (χ1n) is 5.54. The third-order valence-corrected chi connectivity index (χ3v) is 3.94. The van der Waals surface area contributed by atoms with Gasteiger partial charge in [0.2, 0.25) is 0 Å². The van der Waals surface area contributed by atoms with Crippen LogP contribution in [0.3, 0.4) is 0 Å². The van der Waals surface area contributed by atoms with Crippen LogP contribution in [-0.4, -0.2) is 10.9 Å². The average molecular weight is 224 g/mol. The quantitative estimate of drug-likeness (QED) is 0.766. The Hall–Kier alpha value is -0.470. The highest BCUT2D eigenvalue weighted by Gasteiger charge is 2.02. The summed E-state index contributed by atoms with van der Waals surface area (Å²) in [6.45, 7) is 6.29. The van der Waals surface area contributed by atoms with Crippen molar-refractivity contribution in [1.82, 2.24) is 0 Å². The van der Waals surface area contributed by atoms with Gasteiger partial charge in [0, 0.05) is 10.6 Å². The van der Waals surface area contributed by atoms with Crippen molar-refractivity contribution in [3.8, 4) is 0 Å². The summed E-state index contributed by atoms with van der Waals surface area (Å²) in [7, 11) is 0. The highest BCUT2D eigenvalue weighted by atomic mass is 32.2. The Labute approximate surface area is 96.9 Å². The van der Waals surface area contributed by atoms with E-state index in [9.17, 15) is 5.11 Å². The molecule has 2 atom stereocenters. The molecular formula is C13H20OS. The molecule has 0 aromatic heterocycles. The molecule has 0 aliphatic rings. The molecular weight excluding hydrogens is 204 g/mol. The van der Waals surface area contributed by atoms with Gasteiger partial charge in [0.25, 0.3) is 0 Å². The van der Waals surface area contributed by atoms with Crippen LogP contribution in [0.4, 0.5) is 0 Å². The second-order valence-electron chi connectivity index (χ2n) is 4.07. The van der Waals surface area contributed by atoms with Crippen molar-refractivity contribution < 1.29 is 5.11 Å². The molecule has 1 nitrogen and oxygen atoms in total. The Bertz CT molecular complexity index is 279. The van der Waals surface area contributed by atoms with Crippen LogP contribution in [0.1, 0.15) is 38.9 Å². The molecule has 0 heterocycles. The fraction of sp³-hybridized carbons (Fsp3) is 0.538. The third-order valence-electron chi connectivity index (χ3n) is 2.59. The van der Waals surface area contributed by atoms with Crippen molar-refractivity contribution in [1.29, 1.82) is 0 Å². The average Bonchev–Trinajstić information content (AvgIpc) is 2.26. The van der Waals surface area contributed by atoms with Gasteiger partial charge in [-0.2, -0.15) is 0 Å². The predicted octanol–water partition coefficient (Wildman–Crippen LogP) is 3.88. The zero-order valence-electron chi connectivity index (χ0n) is 9.73. The number of rotatable bonds is 5. The van der Waals surface area contributed by atoms with Crippen molar-refractivity contribution in [2.45, 2.75) is 38.2 Å². The highest BCUT2D eigenvalue weighted by Crippen LogP contribution is 2.23. The maximum Gasteiger partial charge on any atom is 0.0761 e. The topological polar surface area (TPSA) is 20.2 Å². The van der Waals surface area contributed by atoms with E-state index in [-0.39, 0.29) is 6.10 Å². The van der Waals surface area contributed by atoms with E-state index in [4.69, 9.17) is 0 Å². The monoisotopic (exact) mass is 224 g/mol. The van der Waals surface area contributed by atoms with E-state index in [1.54, 1.807) is 6.92 Å². The zero-order chi connectivity index (χ0) is 11.3. The lowest BCUT2D eigenvalue weighted by atomic mass is 10.1. The van der Waals surface area contributed by atoms with E-state index in [0.29, 0.717) is 0 Å². The van der Waals surface area contributed by atoms with Crippen molar-refractivity contribution >= 4 is 11.8 Å². The second kappa shape index (κ2) is 6.19. The molecule has 0 fully saturated rings. The standard InChI is InChI=1S/C13H20OS/c1-4-10(2)9-15-13-7-5-12(6-8-13)11(3)14/h5-8,10-11,14H,4,9H2,1-3H3. The number of thioether (sulfide) groups is 1. The number of hydrogen-bond donors (Lipinski definition) is 1.